The van der Waals surface area contributed by atoms with Gasteiger partial charge in [-0.25, -0.2) is 0 Å². The van der Waals surface area contributed by atoms with Crippen LogP contribution >= 0.6 is 0 Å². The summed E-state index contributed by atoms with van der Waals surface area (Å²) < 4.78 is 10.9. The van der Waals surface area contributed by atoms with Gasteiger partial charge in [0.15, 0.2) is 0 Å². The number of unbranched alkanes of at least 4 members (excludes halogenated alkanes) is 13. The summed E-state index contributed by atoms with van der Waals surface area (Å²) in [4.78, 5) is 0. The van der Waals surface area contributed by atoms with Crippen LogP contribution in [0, 0.1) is 0 Å². The first-order chi connectivity index (χ1) is 14.7. The van der Waals surface area contributed by atoms with Crippen molar-refractivity contribution < 1.29 is 24.8 Å². The molecule has 1 aliphatic rings. The summed E-state index contributed by atoms with van der Waals surface area (Å²) in [6.45, 7) is 2.61. The second kappa shape index (κ2) is 19.2. The molecule has 0 unspecified atom stereocenters. The first-order valence-electron chi connectivity index (χ1n) is 12.6. The Kier molecular flexibility index (Phi) is 17.7. The highest BCUT2D eigenvalue weighted by Crippen LogP contribution is 2.19. The van der Waals surface area contributed by atoms with Crippen molar-refractivity contribution in [2.24, 2.45) is 0 Å². The second-order valence-corrected chi connectivity index (χ2v) is 8.74. The molecule has 0 saturated carbocycles. The number of rotatable bonds is 20. The fourth-order valence-corrected chi connectivity index (χ4v) is 4.01. The Bertz CT molecular complexity index is 401. The third kappa shape index (κ3) is 13.1. The SMILES string of the molecule is CCCCCCCCCCCCCCC/C=C/CCO[C@H](CO)[C@@H]1OC[C@H](O)[C@@H]1O. The van der Waals surface area contributed by atoms with E-state index in [0.717, 1.165) is 12.8 Å². The lowest BCUT2D eigenvalue weighted by molar-refractivity contribution is -0.0996. The Morgan fingerprint density at radius 3 is 1.87 bits per heavy atom. The minimum absolute atomic E-state index is 0.0880. The summed E-state index contributed by atoms with van der Waals surface area (Å²) >= 11 is 0. The normalized spacial score (nSPS) is 22.9. The summed E-state index contributed by atoms with van der Waals surface area (Å²) in [6, 6.07) is 0. The highest BCUT2D eigenvalue weighted by Gasteiger charge is 2.40. The van der Waals surface area contributed by atoms with E-state index in [1.807, 2.05) is 0 Å². The van der Waals surface area contributed by atoms with E-state index in [1.165, 1.54) is 83.5 Å². The van der Waals surface area contributed by atoms with Gasteiger partial charge in [-0.15, -0.1) is 0 Å². The number of hydrogen-bond donors (Lipinski definition) is 3. The monoisotopic (exact) mass is 428 g/mol. The molecule has 3 N–H and O–H groups in total. The number of allylic oxidation sites excluding steroid dienone is 1. The Balaban J connectivity index is 1.85. The van der Waals surface area contributed by atoms with Crippen molar-refractivity contribution in [1.29, 1.82) is 0 Å². The van der Waals surface area contributed by atoms with Gasteiger partial charge < -0.3 is 24.8 Å². The molecule has 0 amide bonds. The zero-order valence-electron chi connectivity index (χ0n) is 19.4. The van der Waals surface area contributed by atoms with Crippen molar-refractivity contribution in [2.45, 2.75) is 128 Å². The Hall–Kier alpha value is -0.460. The van der Waals surface area contributed by atoms with Gasteiger partial charge in [0.1, 0.15) is 24.4 Å². The van der Waals surface area contributed by atoms with Crippen LogP contribution < -0.4 is 0 Å². The molecule has 30 heavy (non-hydrogen) atoms. The van der Waals surface area contributed by atoms with E-state index in [4.69, 9.17) is 9.47 Å². The van der Waals surface area contributed by atoms with Gasteiger partial charge in [0.25, 0.3) is 0 Å². The molecule has 1 saturated heterocycles. The van der Waals surface area contributed by atoms with Crippen LogP contribution in [0.5, 0.6) is 0 Å². The van der Waals surface area contributed by atoms with Crippen molar-refractivity contribution in [3.63, 3.8) is 0 Å². The van der Waals surface area contributed by atoms with Gasteiger partial charge in [0.2, 0.25) is 0 Å². The van der Waals surface area contributed by atoms with Crippen LogP contribution in [0.2, 0.25) is 0 Å². The largest absolute Gasteiger partial charge is 0.394 e. The quantitative estimate of drug-likeness (QED) is 0.190. The number of aliphatic hydroxyl groups excluding tert-OH is 3. The molecule has 0 bridgehead atoms. The molecule has 5 heteroatoms. The molecule has 5 nitrogen and oxygen atoms in total. The maximum atomic E-state index is 9.83. The third-order valence-corrected chi connectivity index (χ3v) is 5.99. The summed E-state index contributed by atoms with van der Waals surface area (Å²) in [7, 11) is 0. The number of hydrogen-bond acceptors (Lipinski definition) is 5. The van der Waals surface area contributed by atoms with E-state index in [0.29, 0.717) is 6.61 Å². The van der Waals surface area contributed by atoms with Crippen LogP contribution in [0.4, 0.5) is 0 Å². The van der Waals surface area contributed by atoms with Crippen molar-refractivity contribution in [1.82, 2.24) is 0 Å². The highest BCUT2D eigenvalue weighted by molar-refractivity contribution is 4.89. The topological polar surface area (TPSA) is 79.2 Å². The predicted octanol–water partition coefficient (Wildman–Crippen LogP) is 4.91. The van der Waals surface area contributed by atoms with E-state index in [9.17, 15) is 15.3 Å². The van der Waals surface area contributed by atoms with E-state index in [1.54, 1.807) is 0 Å². The van der Waals surface area contributed by atoms with Gasteiger partial charge in [0.05, 0.1) is 19.8 Å². The second-order valence-electron chi connectivity index (χ2n) is 8.74. The summed E-state index contributed by atoms with van der Waals surface area (Å²) in [5.74, 6) is 0. The third-order valence-electron chi connectivity index (χ3n) is 5.99. The molecule has 178 valence electrons. The zero-order valence-corrected chi connectivity index (χ0v) is 19.4. The minimum Gasteiger partial charge on any atom is -0.394 e. The van der Waals surface area contributed by atoms with E-state index >= 15 is 0 Å². The van der Waals surface area contributed by atoms with Gasteiger partial charge in [-0.2, -0.15) is 0 Å². The van der Waals surface area contributed by atoms with Gasteiger partial charge in [0, 0.05) is 0 Å². The van der Waals surface area contributed by atoms with E-state index in [2.05, 4.69) is 19.1 Å². The van der Waals surface area contributed by atoms with Crippen LogP contribution in [0.15, 0.2) is 12.2 Å². The minimum atomic E-state index is -0.992. The molecule has 1 aliphatic heterocycles. The van der Waals surface area contributed by atoms with Crippen molar-refractivity contribution in [3.05, 3.63) is 12.2 Å². The maximum Gasteiger partial charge on any atom is 0.114 e. The lowest BCUT2D eigenvalue weighted by Crippen LogP contribution is -2.42. The van der Waals surface area contributed by atoms with Crippen LogP contribution in [0.25, 0.3) is 0 Å². The van der Waals surface area contributed by atoms with Crippen molar-refractivity contribution in [3.8, 4) is 0 Å². The van der Waals surface area contributed by atoms with E-state index in [-0.39, 0.29) is 13.2 Å². The predicted molar refractivity (Wildman–Crippen MR) is 123 cm³/mol. The smallest absolute Gasteiger partial charge is 0.114 e. The Morgan fingerprint density at radius 1 is 0.833 bits per heavy atom. The molecular formula is C25H48O5. The van der Waals surface area contributed by atoms with Gasteiger partial charge in [-0.3, -0.25) is 0 Å². The lowest BCUT2D eigenvalue weighted by atomic mass is 10.0. The fraction of sp³-hybridized carbons (Fsp3) is 0.920. The molecule has 0 aromatic heterocycles. The van der Waals surface area contributed by atoms with Gasteiger partial charge in [-0.1, -0.05) is 96.1 Å². The zero-order chi connectivity index (χ0) is 21.9. The van der Waals surface area contributed by atoms with Crippen LogP contribution in [-0.2, 0) is 9.47 Å². The van der Waals surface area contributed by atoms with Crippen molar-refractivity contribution >= 4 is 0 Å². The Morgan fingerprint density at radius 2 is 1.37 bits per heavy atom. The standard InChI is InChI=1S/C25H48O5/c1-2-3-4-5-6-7-8-9-10-11-12-13-14-15-16-17-18-19-29-23(20-26)25-24(28)22(27)21-30-25/h16-17,22-28H,2-15,18-21H2,1H3/b17-16+/t22-,23+,24-,25-/m0/s1. The Labute approximate surface area is 184 Å². The highest BCUT2D eigenvalue weighted by atomic mass is 16.6. The molecule has 1 heterocycles. The molecule has 1 fully saturated rings. The molecule has 0 spiro atoms. The molecule has 1 rings (SSSR count). The fourth-order valence-electron chi connectivity index (χ4n) is 4.01. The van der Waals surface area contributed by atoms with Gasteiger partial charge >= 0.3 is 0 Å². The average Bonchev–Trinajstić information content (AvgIpc) is 3.08. The molecule has 0 radical (unpaired) electrons. The summed E-state index contributed by atoms with van der Waals surface area (Å²) in [5, 5.41) is 28.8. The first-order valence-corrected chi connectivity index (χ1v) is 12.6. The molecule has 0 aliphatic carbocycles. The molecule has 0 aromatic rings. The summed E-state index contributed by atoms with van der Waals surface area (Å²) in [6.07, 6.45) is 21.0. The van der Waals surface area contributed by atoms with Crippen LogP contribution in [0.3, 0.4) is 0 Å². The first kappa shape index (κ1) is 27.6. The lowest BCUT2D eigenvalue weighted by Gasteiger charge is -2.24. The average molecular weight is 429 g/mol. The van der Waals surface area contributed by atoms with Crippen LogP contribution in [0.1, 0.15) is 103 Å². The van der Waals surface area contributed by atoms with E-state index < -0.39 is 24.4 Å². The summed E-state index contributed by atoms with van der Waals surface area (Å²) in [5.41, 5.74) is 0. The maximum absolute atomic E-state index is 9.83. The van der Waals surface area contributed by atoms with Gasteiger partial charge in [-0.05, 0) is 19.3 Å². The number of aliphatic hydroxyl groups is 3. The molecule has 0 aromatic carbocycles. The number of ether oxygens (including phenoxy) is 2. The molecule has 4 atom stereocenters. The van der Waals surface area contributed by atoms with Crippen LogP contribution in [-0.4, -0.2) is 59.6 Å². The van der Waals surface area contributed by atoms with Crippen molar-refractivity contribution in [2.75, 3.05) is 19.8 Å². The molecular weight excluding hydrogens is 380 g/mol.